The van der Waals surface area contributed by atoms with Gasteiger partial charge in [0, 0.05) is 42.9 Å². The fourth-order valence-corrected chi connectivity index (χ4v) is 6.14. The second-order valence-electron chi connectivity index (χ2n) is 5.77. The van der Waals surface area contributed by atoms with E-state index in [0.29, 0.717) is 19.6 Å². The number of thiophene rings is 1. The molecule has 1 fully saturated rings. The first kappa shape index (κ1) is 14.4. The van der Waals surface area contributed by atoms with Gasteiger partial charge in [-0.25, -0.2) is 0 Å². The first-order valence-electron chi connectivity index (χ1n) is 7.63. The summed E-state index contributed by atoms with van der Waals surface area (Å²) in [5.74, 6) is 0. The summed E-state index contributed by atoms with van der Waals surface area (Å²) in [4.78, 5) is 1.09. The molecule has 0 radical (unpaired) electrons. The third kappa shape index (κ3) is 2.23. The summed E-state index contributed by atoms with van der Waals surface area (Å²) < 4.78 is 31.7. The van der Waals surface area contributed by atoms with Crippen LogP contribution in [0, 0.1) is 0 Å². The van der Waals surface area contributed by atoms with E-state index in [1.54, 1.807) is 19.9 Å². The molecule has 118 valence electrons. The van der Waals surface area contributed by atoms with Crippen LogP contribution >= 0.6 is 11.3 Å². The van der Waals surface area contributed by atoms with E-state index in [2.05, 4.69) is 4.57 Å². The van der Waals surface area contributed by atoms with Crippen LogP contribution in [0.3, 0.4) is 0 Å². The molecule has 7 heteroatoms. The van der Waals surface area contributed by atoms with Crippen molar-refractivity contribution in [1.82, 2.24) is 13.2 Å². The van der Waals surface area contributed by atoms with Gasteiger partial charge in [0.15, 0.2) is 0 Å². The first-order valence-corrected chi connectivity index (χ1v) is 9.91. The van der Waals surface area contributed by atoms with Crippen molar-refractivity contribution >= 4 is 21.5 Å². The van der Waals surface area contributed by atoms with E-state index < -0.39 is 10.2 Å². The maximum atomic E-state index is 13.1. The van der Waals surface area contributed by atoms with E-state index in [4.69, 9.17) is 0 Å². The van der Waals surface area contributed by atoms with Gasteiger partial charge in [-0.3, -0.25) is 0 Å². The molecule has 0 aromatic carbocycles. The fraction of sp³-hybridized carbons (Fsp3) is 0.467. The summed E-state index contributed by atoms with van der Waals surface area (Å²) in [5.41, 5.74) is 1.07. The summed E-state index contributed by atoms with van der Waals surface area (Å²) in [5, 5.41) is 2.01. The highest BCUT2D eigenvalue weighted by Gasteiger charge is 2.40. The zero-order chi connectivity index (χ0) is 15.2. The van der Waals surface area contributed by atoms with Crippen molar-refractivity contribution in [2.75, 3.05) is 19.6 Å². The smallest absolute Gasteiger partial charge is 0.282 e. The molecule has 4 heterocycles. The number of fused-ring (bicyclic) bond motifs is 1. The molecule has 0 spiro atoms. The van der Waals surface area contributed by atoms with E-state index in [-0.39, 0.29) is 6.04 Å². The van der Waals surface area contributed by atoms with E-state index in [9.17, 15) is 8.42 Å². The summed E-state index contributed by atoms with van der Waals surface area (Å²) in [6.07, 6.45) is 3.97. The largest absolute Gasteiger partial charge is 0.348 e. The lowest BCUT2D eigenvalue weighted by molar-refractivity contribution is 0.278. The van der Waals surface area contributed by atoms with Gasteiger partial charge in [-0.1, -0.05) is 6.07 Å². The highest BCUT2D eigenvalue weighted by molar-refractivity contribution is 7.86. The standard InChI is InChI=1S/C15H19N3O2S2/c19-22(20,17-8-1-2-9-17)18-11-10-16-7-3-5-13(16)15(18)14-6-4-12-21-14/h3-7,12,15H,1-2,8-11H2. The Balaban J connectivity index is 1.78. The van der Waals surface area contributed by atoms with Gasteiger partial charge >= 0.3 is 0 Å². The van der Waals surface area contributed by atoms with E-state index in [1.165, 1.54) is 0 Å². The molecule has 0 saturated carbocycles. The predicted molar refractivity (Wildman–Crippen MR) is 87.0 cm³/mol. The van der Waals surface area contributed by atoms with Crippen LogP contribution in [-0.2, 0) is 16.8 Å². The minimum absolute atomic E-state index is 0.200. The lowest BCUT2D eigenvalue weighted by Crippen LogP contribution is -2.48. The average molecular weight is 337 g/mol. The number of hydrogen-bond acceptors (Lipinski definition) is 3. The topological polar surface area (TPSA) is 45.6 Å². The summed E-state index contributed by atoms with van der Waals surface area (Å²) in [6.45, 7) is 2.55. The molecule has 1 saturated heterocycles. The Morgan fingerprint density at radius 1 is 1.05 bits per heavy atom. The molecule has 5 nitrogen and oxygen atoms in total. The predicted octanol–water partition coefficient (Wildman–Crippen LogP) is 2.30. The molecule has 2 aromatic heterocycles. The van der Waals surface area contributed by atoms with Gasteiger partial charge < -0.3 is 4.57 Å². The molecule has 1 atom stereocenters. The number of aromatic nitrogens is 1. The van der Waals surface area contributed by atoms with Gasteiger partial charge in [0.05, 0.1) is 0 Å². The van der Waals surface area contributed by atoms with Crippen LogP contribution in [0.5, 0.6) is 0 Å². The zero-order valence-electron chi connectivity index (χ0n) is 12.3. The molecule has 0 aliphatic carbocycles. The van der Waals surface area contributed by atoms with Crippen LogP contribution in [0.25, 0.3) is 0 Å². The van der Waals surface area contributed by atoms with Crippen molar-refractivity contribution < 1.29 is 8.42 Å². The Bertz CT molecular complexity index is 746. The van der Waals surface area contributed by atoms with Crippen LogP contribution in [-0.4, -0.2) is 41.2 Å². The molecule has 2 aliphatic heterocycles. The SMILES string of the molecule is O=S(=O)(N1CCCC1)N1CCn2cccc2C1c1cccs1. The molecule has 2 aromatic rings. The molecular formula is C15H19N3O2S2. The number of rotatable bonds is 3. The van der Waals surface area contributed by atoms with Crippen molar-refractivity contribution in [3.8, 4) is 0 Å². The highest BCUT2D eigenvalue weighted by Crippen LogP contribution is 2.37. The van der Waals surface area contributed by atoms with Gasteiger partial charge in [0.25, 0.3) is 10.2 Å². The molecule has 0 N–H and O–H groups in total. The molecule has 4 rings (SSSR count). The van der Waals surface area contributed by atoms with Crippen LogP contribution < -0.4 is 0 Å². The third-order valence-corrected chi connectivity index (χ3v) is 7.42. The van der Waals surface area contributed by atoms with Crippen molar-refractivity contribution in [2.45, 2.75) is 25.4 Å². The second kappa shape index (κ2) is 5.49. The Morgan fingerprint density at radius 3 is 2.59 bits per heavy atom. The lowest BCUT2D eigenvalue weighted by atomic mass is 10.1. The Kier molecular flexibility index (Phi) is 3.60. The Morgan fingerprint density at radius 2 is 1.86 bits per heavy atom. The van der Waals surface area contributed by atoms with Gasteiger partial charge in [-0.2, -0.15) is 17.0 Å². The summed E-state index contributed by atoms with van der Waals surface area (Å²) in [7, 11) is -3.40. The van der Waals surface area contributed by atoms with Crippen molar-refractivity contribution in [1.29, 1.82) is 0 Å². The van der Waals surface area contributed by atoms with Crippen molar-refractivity contribution in [3.63, 3.8) is 0 Å². The second-order valence-corrected chi connectivity index (χ2v) is 8.63. The van der Waals surface area contributed by atoms with Crippen LogP contribution in [0.15, 0.2) is 35.8 Å². The highest BCUT2D eigenvalue weighted by atomic mass is 32.2. The van der Waals surface area contributed by atoms with E-state index in [1.807, 2.05) is 35.8 Å². The van der Waals surface area contributed by atoms with Crippen LogP contribution in [0.1, 0.15) is 29.5 Å². The fourth-order valence-electron chi connectivity index (χ4n) is 3.41. The number of hydrogen-bond donors (Lipinski definition) is 0. The Labute approximate surface area is 135 Å². The zero-order valence-corrected chi connectivity index (χ0v) is 13.9. The third-order valence-electron chi connectivity index (χ3n) is 4.49. The van der Waals surface area contributed by atoms with E-state index in [0.717, 1.165) is 30.0 Å². The molecule has 0 amide bonds. The van der Waals surface area contributed by atoms with Gasteiger partial charge in [0.2, 0.25) is 0 Å². The van der Waals surface area contributed by atoms with Gasteiger partial charge in [0.1, 0.15) is 6.04 Å². The van der Waals surface area contributed by atoms with Crippen LogP contribution in [0.4, 0.5) is 0 Å². The maximum Gasteiger partial charge on any atom is 0.282 e. The normalized spacial score (nSPS) is 23.7. The van der Waals surface area contributed by atoms with Gasteiger partial charge in [-0.05, 0) is 36.4 Å². The molecule has 0 bridgehead atoms. The summed E-state index contributed by atoms with van der Waals surface area (Å²) >= 11 is 1.62. The molecule has 1 unspecified atom stereocenters. The van der Waals surface area contributed by atoms with Gasteiger partial charge in [-0.15, -0.1) is 11.3 Å². The molecule has 2 aliphatic rings. The maximum absolute atomic E-state index is 13.1. The molecule has 22 heavy (non-hydrogen) atoms. The van der Waals surface area contributed by atoms with E-state index >= 15 is 0 Å². The lowest BCUT2D eigenvalue weighted by Gasteiger charge is -2.37. The monoisotopic (exact) mass is 337 g/mol. The minimum atomic E-state index is -3.40. The summed E-state index contributed by atoms with van der Waals surface area (Å²) in [6, 6.07) is 7.86. The van der Waals surface area contributed by atoms with Crippen LogP contribution in [0.2, 0.25) is 0 Å². The first-order chi connectivity index (χ1) is 10.7. The quantitative estimate of drug-likeness (QED) is 0.863. The Hall–Kier alpha value is -1.15. The minimum Gasteiger partial charge on any atom is -0.348 e. The number of nitrogens with zero attached hydrogens (tertiary/aromatic N) is 3. The molecular weight excluding hydrogens is 318 g/mol. The van der Waals surface area contributed by atoms with Crippen molar-refractivity contribution in [2.24, 2.45) is 0 Å². The van der Waals surface area contributed by atoms with Crippen molar-refractivity contribution in [3.05, 3.63) is 46.4 Å². The average Bonchev–Trinajstić information content (AvgIpc) is 3.25.